The average molecular weight is 325 g/mol. The number of anilines is 1. The van der Waals surface area contributed by atoms with Crippen LogP contribution >= 0.6 is 0 Å². The van der Waals surface area contributed by atoms with Crippen molar-refractivity contribution in [3.05, 3.63) is 42.1 Å². The first kappa shape index (κ1) is 16.0. The van der Waals surface area contributed by atoms with Gasteiger partial charge in [-0.05, 0) is 37.1 Å². The zero-order chi connectivity index (χ0) is 17.3. The molecule has 3 rings (SSSR count). The van der Waals surface area contributed by atoms with E-state index in [1.54, 1.807) is 19.2 Å². The maximum Gasteiger partial charge on any atom is 0.329 e. The molecule has 1 N–H and O–H groups in total. The summed E-state index contributed by atoms with van der Waals surface area (Å²) in [5.74, 6) is 0.548. The van der Waals surface area contributed by atoms with Gasteiger partial charge in [0.1, 0.15) is 11.8 Å². The number of nitrogens with zero attached hydrogens (tertiary/aromatic N) is 2. The number of ether oxygens (including phenoxy) is 1. The molecule has 1 saturated heterocycles. The summed E-state index contributed by atoms with van der Waals surface area (Å²) in [6, 6.07) is 8.49. The van der Waals surface area contributed by atoms with Crippen LogP contribution in [-0.4, -0.2) is 30.1 Å². The predicted octanol–water partition coefficient (Wildman–Crippen LogP) is 2.90. The summed E-state index contributed by atoms with van der Waals surface area (Å²) < 4.78 is 5.33. The zero-order valence-corrected chi connectivity index (χ0v) is 13.9. The second kappa shape index (κ2) is 6.31. The number of hydrogen-bond acceptors (Lipinski definition) is 4. The molecule has 6 heteroatoms. The first-order valence-corrected chi connectivity index (χ1v) is 7.80. The number of aryl methyl sites for hydroxylation is 1. The van der Waals surface area contributed by atoms with Gasteiger partial charge in [0.25, 0.3) is 5.91 Å². The first-order valence-electron chi connectivity index (χ1n) is 7.80. The van der Waals surface area contributed by atoms with Gasteiger partial charge in [0.15, 0.2) is 0 Å². The molecule has 124 valence electrons. The van der Waals surface area contributed by atoms with Gasteiger partial charge in [-0.25, -0.2) is 9.69 Å². The number of pyridine rings is 1. The van der Waals surface area contributed by atoms with Crippen molar-refractivity contribution in [2.45, 2.75) is 26.3 Å². The fourth-order valence-corrected chi connectivity index (χ4v) is 2.72. The normalized spacial score (nSPS) is 17.1. The topological polar surface area (TPSA) is 71.5 Å². The van der Waals surface area contributed by atoms with Gasteiger partial charge in [-0.15, -0.1) is 0 Å². The van der Waals surface area contributed by atoms with Crippen LogP contribution in [0.25, 0.3) is 11.3 Å². The molecule has 1 aromatic carbocycles. The molecule has 0 unspecified atom stereocenters. The van der Waals surface area contributed by atoms with Crippen LogP contribution in [0.2, 0.25) is 0 Å². The van der Waals surface area contributed by atoms with Crippen molar-refractivity contribution >= 4 is 17.6 Å². The minimum Gasteiger partial charge on any atom is -0.496 e. The molecule has 24 heavy (non-hydrogen) atoms. The maximum absolute atomic E-state index is 12.2. The van der Waals surface area contributed by atoms with Crippen LogP contribution in [0.15, 0.2) is 36.5 Å². The molecule has 0 saturated carbocycles. The van der Waals surface area contributed by atoms with Gasteiger partial charge in [-0.1, -0.05) is 19.1 Å². The number of methoxy groups -OCH3 is 1. The highest BCUT2D eigenvalue weighted by atomic mass is 16.5. The number of carbonyl (C=O) groups excluding carboxylic acids is 2. The molecular weight excluding hydrogens is 306 g/mol. The molecule has 1 fully saturated rings. The summed E-state index contributed by atoms with van der Waals surface area (Å²) in [5.41, 5.74) is 3.17. The number of amides is 3. The molecule has 6 nitrogen and oxygen atoms in total. The monoisotopic (exact) mass is 325 g/mol. The predicted molar refractivity (Wildman–Crippen MR) is 91.1 cm³/mol. The Balaban J connectivity index is 1.89. The lowest BCUT2D eigenvalue weighted by molar-refractivity contribution is -0.118. The number of nitrogens with one attached hydrogen (secondary N) is 1. The number of carbonyl (C=O) groups is 2. The third-order valence-corrected chi connectivity index (χ3v) is 4.14. The van der Waals surface area contributed by atoms with Gasteiger partial charge in [0, 0.05) is 5.56 Å². The van der Waals surface area contributed by atoms with Crippen molar-refractivity contribution in [3.63, 3.8) is 0 Å². The minimum absolute atomic E-state index is 0.242. The molecule has 0 aliphatic carbocycles. The molecular formula is C18H19N3O3. The van der Waals surface area contributed by atoms with E-state index in [9.17, 15) is 9.59 Å². The van der Waals surface area contributed by atoms with Crippen molar-refractivity contribution in [2.75, 3.05) is 12.0 Å². The second-order valence-corrected chi connectivity index (χ2v) is 5.67. The van der Waals surface area contributed by atoms with E-state index >= 15 is 0 Å². The summed E-state index contributed by atoms with van der Waals surface area (Å²) in [5, 5.41) is 2.66. The van der Waals surface area contributed by atoms with Crippen molar-refractivity contribution in [3.8, 4) is 17.0 Å². The molecule has 1 atom stereocenters. The van der Waals surface area contributed by atoms with E-state index < -0.39 is 12.1 Å². The van der Waals surface area contributed by atoms with E-state index in [-0.39, 0.29) is 5.91 Å². The fourth-order valence-electron chi connectivity index (χ4n) is 2.72. The van der Waals surface area contributed by atoms with Crippen LogP contribution in [0.4, 0.5) is 10.5 Å². The molecule has 1 aliphatic rings. The minimum atomic E-state index is -0.460. The quantitative estimate of drug-likeness (QED) is 0.877. The summed E-state index contributed by atoms with van der Waals surface area (Å²) in [6.07, 6.45) is 2.10. The number of aromatic nitrogens is 1. The number of hydrogen-bond donors (Lipinski definition) is 1. The number of imide groups is 1. The molecule has 0 radical (unpaired) electrons. The van der Waals surface area contributed by atoms with Gasteiger partial charge in [-0.2, -0.15) is 0 Å². The van der Waals surface area contributed by atoms with E-state index in [0.717, 1.165) is 27.5 Å². The smallest absolute Gasteiger partial charge is 0.329 e. The Morgan fingerprint density at radius 1 is 1.25 bits per heavy atom. The second-order valence-electron chi connectivity index (χ2n) is 5.67. The van der Waals surface area contributed by atoms with Crippen molar-refractivity contribution in [2.24, 2.45) is 0 Å². The zero-order valence-electron chi connectivity index (χ0n) is 13.9. The SMILES string of the molecule is CC[C@@H]1NC(=O)N(c2ccc(-c3ccc(C)c(OC)c3)nc2)C1=O. The lowest BCUT2D eigenvalue weighted by atomic mass is 10.1. The van der Waals surface area contributed by atoms with Gasteiger partial charge >= 0.3 is 6.03 Å². The van der Waals surface area contributed by atoms with E-state index in [4.69, 9.17) is 4.74 Å². The Kier molecular flexibility index (Phi) is 4.20. The summed E-state index contributed by atoms with van der Waals surface area (Å²) in [7, 11) is 1.63. The largest absolute Gasteiger partial charge is 0.496 e. The Morgan fingerprint density at radius 3 is 2.62 bits per heavy atom. The Bertz CT molecular complexity index is 787. The van der Waals surface area contributed by atoms with Crippen LogP contribution in [0.5, 0.6) is 5.75 Å². The van der Waals surface area contributed by atoms with Gasteiger partial charge in [-0.3, -0.25) is 9.78 Å². The maximum atomic E-state index is 12.2. The van der Waals surface area contributed by atoms with Crippen LogP contribution in [0, 0.1) is 6.92 Å². The number of benzene rings is 1. The Labute approximate surface area is 140 Å². The fraction of sp³-hybridized carbons (Fsp3) is 0.278. The van der Waals surface area contributed by atoms with E-state index in [0.29, 0.717) is 12.1 Å². The van der Waals surface area contributed by atoms with E-state index in [2.05, 4.69) is 10.3 Å². The van der Waals surface area contributed by atoms with Gasteiger partial charge in [0.2, 0.25) is 0 Å². The molecule has 1 aromatic heterocycles. The lowest BCUT2D eigenvalue weighted by Crippen LogP contribution is -2.31. The van der Waals surface area contributed by atoms with Gasteiger partial charge in [0.05, 0.1) is 24.7 Å². The molecule has 2 heterocycles. The lowest BCUT2D eigenvalue weighted by Gasteiger charge is -2.13. The highest BCUT2D eigenvalue weighted by molar-refractivity contribution is 6.21. The average Bonchev–Trinajstić information content (AvgIpc) is 2.89. The van der Waals surface area contributed by atoms with E-state index in [1.165, 1.54) is 6.20 Å². The third-order valence-electron chi connectivity index (χ3n) is 4.14. The van der Waals surface area contributed by atoms with Crippen molar-refractivity contribution in [1.82, 2.24) is 10.3 Å². The van der Waals surface area contributed by atoms with Crippen LogP contribution < -0.4 is 15.0 Å². The van der Waals surface area contributed by atoms with Gasteiger partial charge < -0.3 is 10.1 Å². The van der Waals surface area contributed by atoms with Crippen molar-refractivity contribution < 1.29 is 14.3 Å². The molecule has 2 aromatic rings. The highest BCUT2D eigenvalue weighted by Crippen LogP contribution is 2.27. The van der Waals surface area contributed by atoms with Crippen molar-refractivity contribution in [1.29, 1.82) is 0 Å². The summed E-state index contributed by atoms with van der Waals surface area (Å²) >= 11 is 0. The van der Waals surface area contributed by atoms with Crippen LogP contribution in [-0.2, 0) is 4.79 Å². The molecule has 0 spiro atoms. The Hall–Kier alpha value is -2.89. The summed E-state index contributed by atoms with van der Waals surface area (Å²) in [6.45, 7) is 3.83. The van der Waals surface area contributed by atoms with Crippen LogP contribution in [0.3, 0.4) is 0 Å². The Morgan fingerprint density at radius 2 is 2.04 bits per heavy atom. The third kappa shape index (κ3) is 2.71. The molecule has 3 amide bonds. The molecule has 1 aliphatic heterocycles. The highest BCUT2D eigenvalue weighted by Gasteiger charge is 2.37. The number of urea groups is 1. The first-order chi connectivity index (χ1) is 11.5. The number of rotatable bonds is 4. The molecule has 0 bridgehead atoms. The summed E-state index contributed by atoms with van der Waals surface area (Å²) in [4.78, 5) is 29.7. The standard InChI is InChI=1S/C18H19N3O3/c1-4-14-17(22)21(18(23)20-14)13-7-8-15(19-10-13)12-6-5-11(2)16(9-12)24-3/h5-10,14H,4H2,1-3H3,(H,20,23)/t14-/m0/s1. The van der Waals surface area contributed by atoms with E-state index in [1.807, 2.05) is 32.0 Å². The van der Waals surface area contributed by atoms with Crippen LogP contribution in [0.1, 0.15) is 18.9 Å².